The second kappa shape index (κ2) is 6.40. The topological polar surface area (TPSA) is 45.2 Å². The number of nitrogens with zero attached hydrogens (tertiary/aromatic N) is 2. The van der Waals surface area contributed by atoms with Crippen LogP contribution >= 0.6 is 11.6 Å². The zero-order valence-electron chi connectivity index (χ0n) is 17.5. The molecule has 152 valence electrons. The van der Waals surface area contributed by atoms with E-state index in [4.69, 9.17) is 11.6 Å². The number of hydrogen-bond donors (Lipinski definition) is 1. The minimum Gasteiger partial charge on any atom is -0.387 e. The van der Waals surface area contributed by atoms with Crippen LogP contribution in [0.4, 0.5) is 5.69 Å². The number of allylic oxidation sites excluding steroid dienone is 1. The van der Waals surface area contributed by atoms with E-state index in [0.717, 1.165) is 33.4 Å². The summed E-state index contributed by atoms with van der Waals surface area (Å²) >= 11 is 6.23. The van der Waals surface area contributed by atoms with E-state index in [2.05, 4.69) is 18.4 Å². The van der Waals surface area contributed by atoms with Crippen LogP contribution in [0.25, 0.3) is 10.9 Å². The molecule has 0 radical (unpaired) electrons. The number of aromatic nitrogens is 1. The van der Waals surface area contributed by atoms with Gasteiger partial charge in [-0.15, -0.1) is 0 Å². The van der Waals surface area contributed by atoms with E-state index in [9.17, 15) is 9.90 Å². The van der Waals surface area contributed by atoms with Crippen molar-refractivity contribution in [1.82, 2.24) is 4.57 Å². The summed E-state index contributed by atoms with van der Waals surface area (Å²) in [6.45, 7) is 4.24. The number of aliphatic hydroxyl groups excluding tert-OH is 1. The Labute approximate surface area is 180 Å². The Morgan fingerprint density at radius 2 is 1.93 bits per heavy atom. The van der Waals surface area contributed by atoms with E-state index in [-0.39, 0.29) is 11.2 Å². The fourth-order valence-corrected chi connectivity index (χ4v) is 5.23. The third-order valence-corrected chi connectivity index (χ3v) is 6.99. The molecule has 0 bridgehead atoms. The number of ketones is 1. The number of fused-ring (bicyclic) bond motifs is 2. The largest absolute Gasteiger partial charge is 0.387 e. The van der Waals surface area contributed by atoms with Crippen molar-refractivity contribution in [2.24, 2.45) is 7.05 Å². The van der Waals surface area contributed by atoms with Crippen LogP contribution in [0.2, 0.25) is 5.02 Å². The molecule has 5 heteroatoms. The molecular weight excluding hydrogens is 396 g/mol. The maximum atomic E-state index is 13.2. The monoisotopic (exact) mass is 419 g/mol. The molecule has 1 aliphatic heterocycles. The van der Waals surface area contributed by atoms with Gasteiger partial charge in [-0.05, 0) is 37.6 Å². The van der Waals surface area contributed by atoms with E-state index in [1.165, 1.54) is 0 Å². The van der Waals surface area contributed by atoms with Crippen LogP contribution in [0.15, 0.2) is 60.3 Å². The molecule has 2 aromatic carbocycles. The summed E-state index contributed by atoms with van der Waals surface area (Å²) in [5.41, 5.74) is 5.29. The Bertz CT molecular complexity index is 1300. The second-order valence-corrected chi connectivity index (χ2v) is 9.27. The zero-order chi connectivity index (χ0) is 21.4. The molecule has 1 fully saturated rings. The predicted octanol–water partition coefficient (Wildman–Crippen LogP) is 4.49. The van der Waals surface area contributed by atoms with Crippen molar-refractivity contribution in [3.8, 4) is 0 Å². The lowest BCUT2D eigenvalue weighted by molar-refractivity contribution is -0.401. The number of para-hydroxylation sites is 1. The van der Waals surface area contributed by atoms with Crippen molar-refractivity contribution >= 4 is 39.7 Å². The zero-order valence-corrected chi connectivity index (χ0v) is 18.2. The lowest BCUT2D eigenvalue weighted by Crippen LogP contribution is -2.44. The van der Waals surface area contributed by atoms with E-state index in [1.54, 1.807) is 0 Å². The molecule has 2 atom stereocenters. The number of aliphatic hydroxyl groups is 1. The fourth-order valence-electron chi connectivity index (χ4n) is 5.05. The van der Waals surface area contributed by atoms with Crippen LogP contribution in [0.3, 0.4) is 0 Å². The number of Topliss-reactive ketones (excluding diaryl/α,β-unsaturated/α-hetero) is 1. The molecule has 0 amide bonds. The van der Waals surface area contributed by atoms with Gasteiger partial charge in [0.15, 0.2) is 11.5 Å². The minimum atomic E-state index is -0.813. The average Bonchev–Trinajstić information content (AvgIpc) is 3.12. The fraction of sp³-hybridized carbons (Fsp3) is 0.280. The molecule has 2 heterocycles. The number of hydrogen-bond acceptors (Lipinski definition) is 2. The first-order chi connectivity index (χ1) is 14.2. The number of benzene rings is 2. The predicted molar refractivity (Wildman–Crippen MR) is 120 cm³/mol. The Kier molecular flexibility index (Phi) is 4.12. The van der Waals surface area contributed by atoms with Gasteiger partial charge >= 0.3 is 0 Å². The molecule has 1 saturated carbocycles. The standard InChI is InChI=1S/C25H24ClN2O2/c1-25(2)18-11-14(26)9-10-20(18)28(4)21(25)12-16-23(29)22(24(16)30)17-13-27(3)19-8-6-5-7-15(17)19/h5-13,22-23,29H,1-4H3/q+1. The van der Waals surface area contributed by atoms with Crippen LogP contribution in [0.5, 0.6) is 0 Å². The van der Waals surface area contributed by atoms with E-state index in [1.807, 2.05) is 73.4 Å². The van der Waals surface area contributed by atoms with Crippen LogP contribution < -0.4 is 0 Å². The van der Waals surface area contributed by atoms with Crippen LogP contribution in [0.1, 0.15) is 30.9 Å². The Morgan fingerprint density at radius 1 is 1.20 bits per heavy atom. The third kappa shape index (κ3) is 2.50. The van der Waals surface area contributed by atoms with Crippen molar-refractivity contribution in [3.05, 3.63) is 76.5 Å². The summed E-state index contributed by atoms with van der Waals surface area (Å²) in [5.74, 6) is -0.529. The quantitative estimate of drug-likeness (QED) is 0.491. The van der Waals surface area contributed by atoms with Crippen LogP contribution in [0, 0.1) is 0 Å². The highest BCUT2D eigenvalue weighted by Crippen LogP contribution is 2.45. The molecule has 1 aliphatic carbocycles. The smallest absolute Gasteiger partial charge is 0.209 e. The van der Waals surface area contributed by atoms with Gasteiger partial charge in [-0.2, -0.15) is 4.58 Å². The molecule has 4 nitrogen and oxygen atoms in total. The first-order valence-electron chi connectivity index (χ1n) is 10.1. The van der Waals surface area contributed by atoms with Crippen LogP contribution in [-0.2, 0) is 17.3 Å². The molecule has 1 N–H and O–H groups in total. The Balaban J connectivity index is 1.54. The van der Waals surface area contributed by atoms with Gasteiger partial charge in [0.2, 0.25) is 5.69 Å². The second-order valence-electron chi connectivity index (χ2n) is 8.83. The summed E-state index contributed by atoms with van der Waals surface area (Å²) in [4.78, 5) is 13.2. The molecule has 30 heavy (non-hydrogen) atoms. The normalized spacial score (nSPS) is 23.9. The van der Waals surface area contributed by atoms with Gasteiger partial charge in [0.1, 0.15) is 7.05 Å². The van der Waals surface area contributed by atoms with Gasteiger partial charge in [0.25, 0.3) is 0 Å². The maximum Gasteiger partial charge on any atom is 0.209 e. The highest BCUT2D eigenvalue weighted by atomic mass is 35.5. The summed E-state index contributed by atoms with van der Waals surface area (Å²) in [7, 11) is 3.96. The lowest BCUT2D eigenvalue weighted by atomic mass is 9.69. The average molecular weight is 420 g/mol. The summed E-state index contributed by atoms with van der Waals surface area (Å²) < 4.78 is 4.10. The highest BCUT2D eigenvalue weighted by Gasteiger charge is 2.49. The molecule has 2 unspecified atom stereocenters. The molecule has 3 aromatic rings. The van der Waals surface area contributed by atoms with Crippen LogP contribution in [-0.4, -0.2) is 38.9 Å². The number of rotatable bonds is 2. The van der Waals surface area contributed by atoms with E-state index >= 15 is 0 Å². The first kappa shape index (κ1) is 19.3. The molecule has 0 spiro atoms. The summed E-state index contributed by atoms with van der Waals surface area (Å²) in [5, 5.41) is 12.7. The highest BCUT2D eigenvalue weighted by molar-refractivity contribution is 6.30. The minimum absolute atomic E-state index is 0.00968. The SMILES string of the molecule is Cn1cc(C2C(=O)C(=CC3=[N+](C)c4ccc(Cl)cc4C3(C)C)C2O)c2ccccc21. The molecule has 0 saturated heterocycles. The number of halogens is 1. The van der Waals surface area contributed by atoms with E-state index < -0.39 is 12.0 Å². The summed E-state index contributed by atoms with van der Waals surface area (Å²) in [6, 6.07) is 13.8. The molecule has 2 aliphatic rings. The maximum absolute atomic E-state index is 13.2. The van der Waals surface area contributed by atoms with Crippen molar-refractivity contribution in [2.45, 2.75) is 31.3 Å². The van der Waals surface area contributed by atoms with Gasteiger partial charge in [-0.3, -0.25) is 4.79 Å². The number of aryl methyl sites for hydroxylation is 1. The van der Waals surface area contributed by atoms with E-state index in [0.29, 0.717) is 10.6 Å². The third-order valence-electron chi connectivity index (χ3n) is 6.75. The van der Waals surface area contributed by atoms with Crippen molar-refractivity contribution in [1.29, 1.82) is 0 Å². The Morgan fingerprint density at radius 3 is 2.67 bits per heavy atom. The first-order valence-corrected chi connectivity index (χ1v) is 10.5. The number of carbonyl (C=O) groups excluding carboxylic acids is 1. The van der Waals surface area contributed by atoms with Crippen molar-refractivity contribution < 1.29 is 14.5 Å². The molecule has 5 rings (SSSR count). The van der Waals surface area contributed by atoms with Gasteiger partial charge < -0.3 is 9.67 Å². The molecule has 1 aromatic heterocycles. The van der Waals surface area contributed by atoms with Crippen molar-refractivity contribution in [2.75, 3.05) is 7.05 Å². The van der Waals surface area contributed by atoms with Gasteiger partial charge in [0.05, 0.1) is 17.4 Å². The number of carbonyl (C=O) groups is 1. The summed E-state index contributed by atoms with van der Waals surface area (Å²) in [6.07, 6.45) is 3.03. The lowest BCUT2D eigenvalue weighted by Gasteiger charge is -2.34. The van der Waals surface area contributed by atoms with Gasteiger partial charge in [-0.25, -0.2) is 0 Å². The van der Waals surface area contributed by atoms with Crippen molar-refractivity contribution in [3.63, 3.8) is 0 Å². The van der Waals surface area contributed by atoms with Gasteiger partial charge in [0, 0.05) is 52.4 Å². The molecular formula is C25H24ClN2O2+. The Hall–Kier alpha value is -2.69. The van der Waals surface area contributed by atoms with Gasteiger partial charge in [-0.1, -0.05) is 29.8 Å².